The zero-order valence-electron chi connectivity index (χ0n) is 14.9. The van der Waals surface area contributed by atoms with E-state index in [0.717, 1.165) is 12.0 Å². The Morgan fingerprint density at radius 3 is 2.52 bits per heavy atom. The number of benzene rings is 1. The molecule has 25 heavy (non-hydrogen) atoms. The summed E-state index contributed by atoms with van der Waals surface area (Å²) in [6.45, 7) is 5.00. The summed E-state index contributed by atoms with van der Waals surface area (Å²) in [7, 11) is 1.61. The van der Waals surface area contributed by atoms with Crippen LogP contribution < -0.4 is 15.4 Å². The Kier molecular flexibility index (Phi) is 7.22. The number of urea groups is 1. The maximum absolute atomic E-state index is 12.1. The lowest BCUT2D eigenvalue weighted by molar-refractivity contribution is 0.144. The number of methoxy groups -OCH3 is 1. The fraction of sp³-hybridized carbons (Fsp3) is 0.368. The normalized spacial score (nSPS) is 11.6. The zero-order chi connectivity index (χ0) is 18.1. The van der Waals surface area contributed by atoms with Crippen molar-refractivity contribution in [3.05, 3.63) is 53.7 Å². The fourth-order valence-corrected chi connectivity index (χ4v) is 2.26. The molecule has 6 heteroatoms. The highest BCUT2D eigenvalue weighted by Gasteiger charge is 2.10. The third kappa shape index (κ3) is 6.08. The van der Waals surface area contributed by atoms with Gasteiger partial charge in [-0.1, -0.05) is 31.2 Å². The minimum absolute atomic E-state index is 0.0875. The van der Waals surface area contributed by atoms with Crippen LogP contribution in [0.5, 0.6) is 5.88 Å². The van der Waals surface area contributed by atoms with Gasteiger partial charge in [0.1, 0.15) is 6.61 Å². The van der Waals surface area contributed by atoms with Crippen molar-refractivity contribution in [2.24, 2.45) is 0 Å². The SMILES string of the molecule is CCc1ccc(C(C)NC(=O)Nc2ccc(OCCOC)nc2)cc1. The van der Waals surface area contributed by atoms with Gasteiger partial charge in [-0.2, -0.15) is 0 Å². The number of ether oxygens (including phenoxy) is 2. The number of hydrogen-bond acceptors (Lipinski definition) is 4. The number of aryl methyl sites for hydroxylation is 1. The van der Waals surface area contributed by atoms with Gasteiger partial charge in [0.05, 0.1) is 24.5 Å². The lowest BCUT2D eigenvalue weighted by Crippen LogP contribution is -2.31. The molecule has 2 aromatic rings. The van der Waals surface area contributed by atoms with Crippen molar-refractivity contribution < 1.29 is 14.3 Å². The van der Waals surface area contributed by atoms with Gasteiger partial charge in [-0.15, -0.1) is 0 Å². The van der Waals surface area contributed by atoms with Gasteiger partial charge in [0.15, 0.2) is 0 Å². The highest BCUT2D eigenvalue weighted by Crippen LogP contribution is 2.15. The Balaban J connectivity index is 1.84. The molecule has 1 unspecified atom stereocenters. The molecule has 1 heterocycles. The van der Waals surface area contributed by atoms with Gasteiger partial charge in [-0.05, 0) is 30.5 Å². The number of nitrogens with zero attached hydrogens (tertiary/aromatic N) is 1. The van der Waals surface area contributed by atoms with E-state index in [4.69, 9.17) is 9.47 Å². The first-order valence-corrected chi connectivity index (χ1v) is 8.36. The quantitative estimate of drug-likeness (QED) is 0.719. The highest BCUT2D eigenvalue weighted by atomic mass is 16.5. The molecule has 2 rings (SSSR count). The number of nitrogens with one attached hydrogen (secondary N) is 2. The molecular formula is C19H25N3O3. The molecule has 0 fully saturated rings. The summed E-state index contributed by atoms with van der Waals surface area (Å²) in [6, 6.07) is 11.3. The molecule has 6 nitrogen and oxygen atoms in total. The van der Waals surface area contributed by atoms with Gasteiger partial charge in [-0.3, -0.25) is 0 Å². The van der Waals surface area contributed by atoms with Crippen molar-refractivity contribution in [2.75, 3.05) is 25.6 Å². The average Bonchev–Trinajstić information content (AvgIpc) is 2.63. The minimum atomic E-state index is -0.276. The summed E-state index contributed by atoms with van der Waals surface area (Å²) in [5.41, 5.74) is 2.94. The van der Waals surface area contributed by atoms with Crippen molar-refractivity contribution in [2.45, 2.75) is 26.3 Å². The minimum Gasteiger partial charge on any atom is -0.475 e. The van der Waals surface area contributed by atoms with Crippen LogP contribution in [0.15, 0.2) is 42.6 Å². The Morgan fingerprint density at radius 1 is 1.16 bits per heavy atom. The van der Waals surface area contributed by atoms with Crippen LogP contribution in [0.2, 0.25) is 0 Å². The van der Waals surface area contributed by atoms with Gasteiger partial charge in [-0.25, -0.2) is 9.78 Å². The molecule has 0 spiro atoms. The van der Waals surface area contributed by atoms with E-state index in [0.29, 0.717) is 24.8 Å². The van der Waals surface area contributed by atoms with Crippen molar-refractivity contribution in [1.29, 1.82) is 0 Å². The van der Waals surface area contributed by atoms with E-state index < -0.39 is 0 Å². The summed E-state index contributed by atoms with van der Waals surface area (Å²) in [5, 5.41) is 5.68. The maximum Gasteiger partial charge on any atom is 0.319 e. The second-order valence-corrected chi connectivity index (χ2v) is 5.64. The second-order valence-electron chi connectivity index (χ2n) is 5.64. The summed E-state index contributed by atoms with van der Waals surface area (Å²) in [4.78, 5) is 16.3. The van der Waals surface area contributed by atoms with Crippen LogP contribution in [0.25, 0.3) is 0 Å². The molecule has 1 atom stereocenters. The smallest absolute Gasteiger partial charge is 0.319 e. The molecule has 134 valence electrons. The van der Waals surface area contributed by atoms with Crippen molar-refractivity contribution in [3.8, 4) is 5.88 Å². The number of hydrogen-bond donors (Lipinski definition) is 2. The Labute approximate surface area is 148 Å². The number of aromatic nitrogens is 1. The Hall–Kier alpha value is -2.60. The standard InChI is InChI=1S/C19H25N3O3/c1-4-15-5-7-16(8-6-15)14(2)21-19(23)22-17-9-10-18(20-13-17)25-12-11-24-3/h5-10,13-14H,4,11-12H2,1-3H3,(H2,21,22,23). The van der Waals surface area contributed by atoms with Gasteiger partial charge in [0.25, 0.3) is 0 Å². The lowest BCUT2D eigenvalue weighted by atomic mass is 10.1. The first-order chi connectivity index (χ1) is 12.1. The first-order valence-electron chi connectivity index (χ1n) is 8.36. The molecule has 2 N–H and O–H groups in total. The summed E-state index contributed by atoms with van der Waals surface area (Å²) in [5.74, 6) is 0.493. The summed E-state index contributed by atoms with van der Waals surface area (Å²) < 4.78 is 10.3. The molecule has 0 aliphatic heterocycles. The van der Waals surface area contributed by atoms with Crippen LogP contribution in [-0.4, -0.2) is 31.3 Å². The maximum atomic E-state index is 12.1. The first kappa shape index (κ1) is 18.7. The number of carbonyl (C=O) groups is 1. The lowest BCUT2D eigenvalue weighted by Gasteiger charge is -2.15. The molecule has 0 radical (unpaired) electrons. The van der Waals surface area contributed by atoms with Crippen LogP contribution in [0.4, 0.5) is 10.5 Å². The van der Waals surface area contributed by atoms with E-state index in [1.165, 1.54) is 5.56 Å². The predicted molar refractivity (Wildman–Crippen MR) is 98.0 cm³/mol. The van der Waals surface area contributed by atoms with Crippen molar-refractivity contribution in [1.82, 2.24) is 10.3 Å². The Morgan fingerprint density at radius 2 is 1.92 bits per heavy atom. The van der Waals surface area contributed by atoms with Crippen LogP contribution in [0, 0.1) is 0 Å². The number of carbonyl (C=O) groups excluding carboxylic acids is 1. The molecule has 1 aromatic heterocycles. The summed E-state index contributed by atoms with van der Waals surface area (Å²) >= 11 is 0. The third-order valence-electron chi connectivity index (χ3n) is 3.77. The van der Waals surface area contributed by atoms with Crippen LogP contribution >= 0.6 is 0 Å². The topological polar surface area (TPSA) is 72.5 Å². The number of amides is 2. The van der Waals surface area contributed by atoms with Gasteiger partial charge in [0, 0.05) is 13.2 Å². The van der Waals surface area contributed by atoms with E-state index in [2.05, 4.69) is 34.7 Å². The summed E-state index contributed by atoms with van der Waals surface area (Å²) in [6.07, 6.45) is 2.56. The van der Waals surface area contributed by atoms with Gasteiger partial charge in [0.2, 0.25) is 5.88 Å². The van der Waals surface area contributed by atoms with Crippen LogP contribution in [0.3, 0.4) is 0 Å². The van der Waals surface area contributed by atoms with Crippen LogP contribution in [0.1, 0.15) is 31.0 Å². The largest absolute Gasteiger partial charge is 0.475 e. The molecule has 0 saturated carbocycles. The van der Waals surface area contributed by atoms with Crippen molar-refractivity contribution in [3.63, 3.8) is 0 Å². The molecule has 0 aliphatic rings. The van der Waals surface area contributed by atoms with E-state index in [9.17, 15) is 4.79 Å². The van der Waals surface area contributed by atoms with E-state index in [1.807, 2.05) is 19.1 Å². The average molecular weight is 343 g/mol. The monoisotopic (exact) mass is 343 g/mol. The molecule has 1 aromatic carbocycles. The van der Waals surface area contributed by atoms with Gasteiger partial charge < -0.3 is 20.1 Å². The zero-order valence-corrected chi connectivity index (χ0v) is 14.9. The molecule has 0 saturated heterocycles. The molecule has 0 aliphatic carbocycles. The van der Waals surface area contributed by atoms with E-state index in [1.54, 1.807) is 25.4 Å². The van der Waals surface area contributed by atoms with Gasteiger partial charge >= 0.3 is 6.03 Å². The van der Waals surface area contributed by atoms with Crippen molar-refractivity contribution >= 4 is 11.7 Å². The number of anilines is 1. The highest BCUT2D eigenvalue weighted by molar-refractivity contribution is 5.89. The molecule has 2 amide bonds. The van der Waals surface area contributed by atoms with Crippen LogP contribution in [-0.2, 0) is 11.2 Å². The fourth-order valence-electron chi connectivity index (χ4n) is 2.26. The Bertz CT molecular complexity index is 657. The second kappa shape index (κ2) is 9.64. The third-order valence-corrected chi connectivity index (χ3v) is 3.77. The predicted octanol–water partition coefficient (Wildman–Crippen LogP) is 3.55. The molecule has 0 bridgehead atoms. The molecular weight excluding hydrogens is 318 g/mol. The van der Waals surface area contributed by atoms with E-state index >= 15 is 0 Å². The number of rotatable bonds is 8. The van der Waals surface area contributed by atoms with E-state index in [-0.39, 0.29) is 12.1 Å². The number of pyridine rings is 1.